The third kappa shape index (κ3) is 2.70. The maximum absolute atomic E-state index is 10.9. The van der Waals surface area contributed by atoms with Crippen molar-refractivity contribution >= 4 is 11.8 Å². The number of hydrogen-bond donors (Lipinski definition) is 3. The molecule has 0 bridgehead atoms. The molecule has 0 aromatic rings. The molecule has 62 valence electrons. The molecule has 5 heteroatoms. The summed E-state index contributed by atoms with van der Waals surface area (Å²) in [6.45, 7) is 1.95. The Bertz CT molecular complexity index is 198. The number of hydrogen-bond acceptors (Lipinski definition) is 3. The van der Waals surface area contributed by atoms with Crippen molar-refractivity contribution in [1.29, 1.82) is 0 Å². The minimum absolute atomic E-state index is 0.00634. The van der Waals surface area contributed by atoms with Gasteiger partial charge in [0, 0.05) is 6.20 Å². The summed E-state index contributed by atoms with van der Waals surface area (Å²) in [4.78, 5) is 10.9. The van der Waals surface area contributed by atoms with Gasteiger partial charge in [0.05, 0.1) is 6.61 Å². The first-order valence-electron chi connectivity index (χ1n) is 3.10. The van der Waals surface area contributed by atoms with E-state index in [0.717, 1.165) is 6.20 Å². The predicted octanol–water partition coefficient (Wildman–Crippen LogP) is -2.49. The molecule has 0 saturated carbocycles. The van der Waals surface area contributed by atoms with Gasteiger partial charge in [0.2, 0.25) is 0 Å². The van der Waals surface area contributed by atoms with E-state index in [0.29, 0.717) is 0 Å². The van der Waals surface area contributed by atoms with Gasteiger partial charge < -0.3 is 10.5 Å². The van der Waals surface area contributed by atoms with Crippen LogP contribution in [-0.2, 0) is 9.53 Å². The molecule has 0 rings (SSSR count). The monoisotopic (exact) mass is 158 g/mol. The van der Waals surface area contributed by atoms with E-state index in [2.05, 4.69) is 4.74 Å². The number of carbonyl (C=O) groups excluding carboxylic acids is 1. The third-order valence-corrected chi connectivity index (χ3v) is 0.973. The fourth-order valence-electron chi connectivity index (χ4n) is 0.491. The summed E-state index contributed by atoms with van der Waals surface area (Å²) in [6.07, 6.45) is 1.02. The first kappa shape index (κ1) is 9.48. The zero-order chi connectivity index (χ0) is 8.85. The van der Waals surface area contributed by atoms with E-state index in [1.165, 1.54) is 0 Å². The van der Waals surface area contributed by atoms with Gasteiger partial charge in [0.15, 0.2) is 5.57 Å². The first-order chi connectivity index (χ1) is 5.13. The number of carbonyl (C=O) groups is 1. The minimum atomic E-state index is -0.602. The van der Waals surface area contributed by atoms with Crippen molar-refractivity contribution in [2.45, 2.75) is 6.92 Å². The van der Waals surface area contributed by atoms with Crippen LogP contribution in [0, 0.1) is 0 Å². The quantitative estimate of drug-likeness (QED) is 0.183. The highest BCUT2D eigenvalue weighted by Gasteiger charge is 2.16. The van der Waals surface area contributed by atoms with Crippen LogP contribution in [0.25, 0.3) is 0 Å². The lowest BCUT2D eigenvalue weighted by atomic mass is 10.3. The average molecular weight is 158 g/mol. The highest BCUT2D eigenvalue weighted by atomic mass is 16.5. The zero-order valence-electron chi connectivity index (χ0n) is 6.33. The summed E-state index contributed by atoms with van der Waals surface area (Å²) in [6, 6.07) is 0. The van der Waals surface area contributed by atoms with Crippen LogP contribution in [0.2, 0.25) is 0 Å². The molecule has 11 heavy (non-hydrogen) atoms. The largest absolute Gasteiger partial charge is 0.462 e. The molecule has 0 aromatic carbocycles. The van der Waals surface area contributed by atoms with E-state index in [-0.39, 0.29) is 18.0 Å². The molecule has 0 fully saturated rings. The van der Waals surface area contributed by atoms with Crippen molar-refractivity contribution < 1.29 is 14.9 Å². The van der Waals surface area contributed by atoms with Crippen LogP contribution in [-0.4, -0.2) is 18.4 Å². The Labute approximate surface area is 64.5 Å². The lowest BCUT2D eigenvalue weighted by Gasteiger charge is -1.99. The van der Waals surface area contributed by atoms with Gasteiger partial charge in [0.25, 0.3) is 5.84 Å². The highest BCUT2D eigenvalue weighted by molar-refractivity contribution is 6.15. The average Bonchev–Trinajstić information content (AvgIpc) is 1.88. The fourth-order valence-corrected chi connectivity index (χ4v) is 0.491. The minimum Gasteiger partial charge on any atom is -0.462 e. The molecule has 5 nitrogen and oxygen atoms in total. The summed E-state index contributed by atoms with van der Waals surface area (Å²) in [5.41, 5.74) is 10.2. The van der Waals surface area contributed by atoms with Crippen LogP contribution in [0.15, 0.2) is 11.8 Å². The standard InChI is InChI=1S/C6H11N3O2/c1-2-11-6(10)4(3-7)5(8)9/h3H,2,7H2,1H3,(H3,8,9)/p+1. The maximum Gasteiger partial charge on any atom is 0.347 e. The van der Waals surface area contributed by atoms with Gasteiger partial charge in [0.1, 0.15) is 0 Å². The molecule has 0 radical (unpaired) electrons. The van der Waals surface area contributed by atoms with Crippen LogP contribution >= 0.6 is 0 Å². The summed E-state index contributed by atoms with van der Waals surface area (Å²) in [5, 5.41) is 5.12. The van der Waals surface area contributed by atoms with Crippen molar-refractivity contribution in [3.8, 4) is 0 Å². The van der Waals surface area contributed by atoms with Gasteiger partial charge in [-0.05, 0) is 6.92 Å². The molecule has 0 unspecified atom stereocenters. The van der Waals surface area contributed by atoms with E-state index in [1.54, 1.807) is 6.92 Å². The number of ether oxygens (including phenoxy) is 1. The van der Waals surface area contributed by atoms with Gasteiger partial charge in [-0.25, -0.2) is 4.79 Å². The van der Waals surface area contributed by atoms with Crippen LogP contribution < -0.4 is 16.9 Å². The second-order valence-electron chi connectivity index (χ2n) is 1.76. The summed E-state index contributed by atoms with van der Waals surface area (Å²) in [5.74, 6) is -0.735. The zero-order valence-corrected chi connectivity index (χ0v) is 6.33. The van der Waals surface area contributed by atoms with E-state index in [4.69, 9.17) is 16.9 Å². The summed E-state index contributed by atoms with van der Waals surface area (Å²) in [7, 11) is 0. The number of esters is 1. The van der Waals surface area contributed by atoms with Crippen molar-refractivity contribution in [2.75, 3.05) is 6.61 Å². The van der Waals surface area contributed by atoms with Crippen LogP contribution in [0.4, 0.5) is 0 Å². The Kier molecular flexibility index (Phi) is 3.72. The molecule has 0 aromatic heterocycles. The third-order valence-electron chi connectivity index (χ3n) is 0.973. The Morgan fingerprint density at radius 2 is 2.27 bits per heavy atom. The molecule has 0 spiro atoms. The molecule has 0 heterocycles. The summed E-state index contributed by atoms with van der Waals surface area (Å²) < 4.78 is 4.59. The Hall–Kier alpha value is -1.52. The molecule has 0 aliphatic rings. The van der Waals surface area contributed by atoms with Gasteiger partial charge in [-0.15, -0.1) is 0 Å². The molecule has 0 atom stereocenters. The number of rotatable bonds is 3. The van der Waals surface area contributed by atoms with Crippen LogP contribution in [0.1, 0.15) is 6.92 Å². The molecular formula is C6H12N3O2+. The Morgan fingerprint density at radius 1 is 1.73 bits per heavy atom. The number of nitrogens with two attached hydrogens (primary N) is 3. The van der Waals surface area contributed by atoms with E-state index < -0.39 is 5.97 Å². The molecule has 0 amide bonds. The Balaban J connectivity index is 4.29. The van der Waals surface area contributed by atoms with Crippen molar-refractivity contribution in [2.24, 2.45) is 11.5 Å². The van der Waals surface area contributed by atoms with Crippen molar-refractivity contribution in [1.82, 2.24) is 0 Å². The van der Waals surface area contributed by atoms with E-state index >= 15 is 0 Å². The highest BCUT2D eigenvalue weighted by Crippen LogP contribution is 1.92. The predicted molar refractivity (Wildman–Crippen MR) is 40.0 cm³/mol. The smallest absolute Gasteiger partial charge is 0.347 e. The van der Waals surface area contributed by atoms with E-state index in [9.17, 15) is 4.79 Å². The van der Waals surface area contributed by atoms with E-state index in [1.807, 2.05) is 0 Å². The molecular weight excluding hydrogens is 146 g/mol. The normalized spacial score (nSPS) is 10.8. The van der Waals surface area contributed by atoms with Gasteiger partial charge >= 0.3 is 5.97 Å². The molecule has 0 aliphatic heterocycles. The van der Waals surface area contributed by atoms with Gasteiger partial charge in [-0.2, -0.15) is 0 Å². The second kappa shape index (κ2) is 4.32. The lowest BCUT2D eigenvalue weighted by molar-refractivity contribution is -0.139. The SMILES string of the molecule is CCOC(=O)C(=CN)C(N)=[NH2+]. The number of amidine groups is 1. The van der Waals surface area contributed by atoms with Crippen molar-refractivity contribution in [3.05, 3.63) is 11.8 Å². The van der Waals surface area contributed by atoms with Crippen LogP contribution in [0.5, 0.6) is 0 Å². The first-order valence-corrected chi connectivity index (χ1v) is 3.10. The second-order valence-corrected chi connectivity index (χ2v) is 1.76. The molecule has 0 aliphatic carbocycles. The van der Waals surface area contributed by atoms with Crippen LogP contribution in [0.3, 0.4) is 0 Å². The van der Waals surface area contributed by atoms with Gasteiger partial charge in [-0.3, -0.25) is 11.1 Å². The fraction of sp³-hybridized carbons (Fsp3) is 0.333. The maximum atomic E-state index is 10.9. The van der Waals surface area contributed by atoms with Crippen molar-refractivity contribution in [3.63, 3.8) is 0 Å². The lowest BCUT2D eigenvalue weighted by Crippen LogP contribution is -2.48. The molecule has 6 N–H and O–H groups in total. The Morgan fingerprint density at radius 3 is 2.55 bits per heavy atom. The van der Waals surface area contributed by atoms with Gasteiger partial charge in [-0.1, -0.05) is 0 Å². The summed E-state index contributed by atoms with van der Waals surface area (Å²) >= 11 is 0. The topological polar surface area (TPSA) is 104 Å². The molecule has 0 saturated heterocycles.